The number of pyridine rings is 2. The lowest BCUT2D eigenvalue weighted by Crippen LogP contribution is -2.50. The van der Waals surface area contributed by atoms with Crippen molar-refractivity contribution in [3.63, 3.8) is 0 Å². The Morgan fingerprint density at radius 1 is 0.732 bits per heavy atom. The highest BCUT2D eigenvalue weighted by Gasteiger charge is 2.63. The Kier molecular flexibility index (Phi) is 15.1. The Balaban J connectivity index is 0.000000166. The van der Waals surface area contributed by atoms with Crippen LogP contribution in [0.2, 0.25) is 0 Å². The van der Waals surface area contributed by atoms with Crippen molar-refractivity contribution in [3.05, 3.63) is 128 Å². The van der Waals surface area contributed by atoms with Crippen LogP contribution in [0.25, 0.3) is 26.0 Å². The summed E-state index contributed by atoms with van der Waals surface area (Å²) < 4.78 is 41.2. The van der Waals surface area contributed by atoms with Crippen molar-refractivity contribution >= 4 is 82.1 Å². The maximum absolute atomic E-state index is 11.7. The first kappa shape index (κ1) is 45.9. The van der Waals surface area contributed by atoms with Gasteiger partial charge in [0.05, 0.1) is 10.5 Å². The summed E-state index contributed by atoms with van der Waals surface area (Å²) in [4.78, 5) is 13.8. The van der Waals surface area contributed by atoms with Gasteiger partial charge in [0.15, 0.2) is 18.2 Å². The molecule has 2 aromatic heterocycles. The molecule has 2 fully saturated rings. The van der Waals surface area contributed by atoms with Crippen molar-refractivity contribution in [1.82, 2.24) is 9.47 Å². The van der Waals surface area contributed by atoms with Gasteiger partial charge in [-0.05, 0) is 120 Å². The van der Waals surface area contributed by atoms with Gasteiger partial charge in [0.1, 0.15) is 30.5 Å². The highest BCUT2D eigenvalue weighted by molar-refractivity contribution is 9.15. The monoisotopic (exact) mass is 975 g/mol. The predicted octanol–water partition coefficient (Wildman–Crippen LogP) is 11.5. The van der Waals surface area contributed by atoms with E-state index in [0.717, 1.165) is 19.7 Å². The molecule has 9 nitrogen and oxygen atoms in total. The van der Waals surface area contributed by atoms with Crippen LogP contribution in [-0.4, -0.2) is 45.7 Å². The van der Waals surface area contributed by atoms with E-state index in [2.05, 4.69) is 128 Å². The van der Waals surface area contributed by atoms with Gasteiger partial charge in [0.2, 0.25) is 0 Å². The third-order valence-electron chi connectivity index (χ3n) is 9.60. The summed E-state index contributed by atoms with van der Waals surface area (Å²) >= 11 is 10.5. The molecule has 3 aliphatic heterocycles. The van der Waals surface area contributed by atoms with Gasteiger partial charge in [0.25, 0.3) is 5.56 Å². The summed E-state index contributed by atoms with van der Waals surface area (Å²) in [5.41, 5.74) is 1.32. The molecule has 0 spiro atoms. The number of ether oxygens (including phenoxy) is 2. The molecule has 5 heterocycles. The SMILES string of the molecule is C.CC1(C)OC2C(O1)C(C)(C)O[P+](=O)OC2(C)C.CC1c2ccccc2C(Br)=CN1C.C[n+]1cc(Br)c2ccccc2c1.Cn1cc(Br)c2ccccc2c1=O. The number of aromatic nitrogens is 2. The van der Waals surface area contributed by atoms with Gasteiger partial charge in [-0.2, -0.15) is 0 Å². The number of hydrogen-bond acceptors (Lipinski definition) is 7. The topological polar surface area (TPSA) is 83.1 Å². The van der Waals surface area contributed by atoms with Crippen molar-refractivity contribution in [1.29, 1.82) is 0 Å². The molecule has 0 radical (unpaired) electrons. The Hall–Kier alpha value is -2.80. The lowest BCUT2D eigenvalue weighted by molar-refractivity contribution is -0.670. The normalized spacial score (nSPS) is 21.9. The molecule has 0 saturated carbocycles. The summed E-state index contributed by atoms with van der Waals surface area (Å²) in [6, 6.07) is 24.9. The molecule has 2 saturated heterocycles. The fraction of sp³-hybridized carbons (Fsp3) is 0.395. The number of fused-ring (bicyclic) bond motifs is 4. The maximum atomic E-state index is 11.7. The molecule has 0 amide bonds. The molecule has 0 N–H and O–H groups in total. The largest absolute Gasteiger partial charge is 0.698 e. The molecule has 5 aromatic rings. The van der Waals surface area contributed by atoms with E-state index in [9.17, 15) is 9.36 Å². The first-order valence-corrected chi connectivity index (χ1v) is 21.4. The number of halogens is 3. The molecular formula is C43H53Br3N3O6P+2. The van der Waals surface area contributed by atoms with E-state index in [-0.39, 0.29) is 25.2 Å². The number of hydrogen-bond donors (Lipinski definition) is 0. The van der Waals surface area contributed by atoms with Crippen LogP contribution in [0, 0.1) is 0 Å². The Morgan fingerprint density at radius 2 is 1.25 bits per heavy atom. The summed E-state index contributed by atoms with van der Waals surface area (Å²) in [6.45, 7) is 13.3. The number of nitrogens with zero attached hydrogens (tertiary/aromatic N) is 3. The van der Waals surface area contributed by atoms with Crippen LogP contribution in [0.1, 0.15) is 73.1 Å². The van der Waals surface area contributed by atoms with E-state index in [4.69, 9.17) is 18.5 Å². The molecule has 3 aromatic carbocycles. The van der Waals surface area contributed by atoms with Gasteiger partial charge in [-0.1, -0.05) is 68.1 Å². The second-order valence-corrected chi connectivity index (χ2v) is 18.7. The van der Waals surface area contributed by atoms with Gasteiger partial charge >= 0.3 is 8.25 Å². The average molecular weight is 979 g/mol. The quantitative estimate of drug-likeness (QED) is 0.113. The van der Waals surface area contributed by atoms with Crippen molar-refractivity contribution < 1.29 is 27.7 Å². The third-order valence-corrected chi connectivity index (χ3v) is 12.7. The van der Waals surface area contributed by atoms with Crippen LogP contribution in [0.15, 0.2) is 111 Å². The molecule has 0 aliphatic carbocycles. The van der Waals surface area contributed by atoms with E-state index < -0.39 is 25.2 Å². The Labute approximate surface area is 357 Å². The molecule has 56 heavy (non-hydrogen) atoms. The molecule has 3 unspecified atom stereocenters. The van der Waals surface area contributed by atoms with Gasteiger partial charge in [-0.3, -0.25) is 4.79 Å². The smallest absolute Gasteiger partial charge is 0.373 e. The second-order valence-electron chi connectivity index (χ2n) is 15.3. The zero-order valence-corrected chi connectivity index (χ0v) is 38.5. The molecule has 3 aliphatic rings. The van der Waals surface area contributed by atoms with Gasteiger partial charge in [0, 0.05) is 61.6 Å². The summed E-state index contributed by atoms with van der Waals surface area (Å²) in [6.07, 6.45) is 7.46. The average Bonchev–Trinajstić information content (AvgIpc) is 3.45. The molecule has 3 atom stereocenters. The highest BCUT2D eigenvalue weighted by atomic mass is 79.9. The zero-order valence-electron chi connectivity index (χ0n) is 32.8. The van der Waals surface area contributed by atoms with Crippen molar-refractivity contribution in [2.45, 2.75) is 91.1 Å². The number of benzene rings is 3. The van der Waals surface area contributed by atoms with Gasteiger partial charge in [-0.15, -0.1) is 9.05 Å². The van der Waals surface area contributed by atoms with Crippen LogP contribution >= 0.6 is 56.0 Å². The fourth-order valence-corrected chi connectivity index (χ4v) is 9.67. The van der Waals surface area contributed by atoms with Gasteiger partial charge in [-0.25, -0.2) is 4.57 Å². The van der Waals surface area contributed by atoms with E-state index in [1.807, 2.05) is 83.5 Å². The first-order valence-electron chi connectivity index (χ1n) is 17.9. The minimum Gasteiger partial charge on any atom is -0.373 e. The predicted molar refractivity (Wildman–Crippen MR) is 238 cm³/mol. The van der Waals surface area contributed by atoms with Crippen LogP contribution in [-0.2, 0) is 37.2 Å². The van der Waals surface area contributed by atoms with Crippen LogP contribution in [0.4, 0.5) is 0 Å². The summed E-state index contributed by atoms with van der Waals surface area (Å²) in [5.74, 6) is -0.681. The lowest BCUT2D eigenvalue weighted by atomic mass is 9.88. The van der Waals surface area contributed by atoms with Crippen molar-refractivity contribution in [2.75, 3.05) is 7.05 Å². The van der Waals surface area contributed by atoms with Crippen molar-refractivity contribution in [2.24, 2.45) is 14.1 Å². The van der Waals surface area contributed by atoms with E-state index in [0.29, 0.717) is 6.04 Å². The standard InChI is InChI=1S/C11H12BrN.C11H20O5P.C10H8BrNO.C10H9BrN.CH4/c1-8-9-5-3-4-6-10(9)11(12)7-13(8)2;1-9(2)7-8(14-11(5,6)13-7)10(3,4)16-17(12)15-9;1-12-6-9(11)7-4-2-3-5-8(7)10(12)13;1-12-6-8-4-2-3-5-9(8)10(11)7-12;/h3-8H,1-2H3;7-8H,1-6H3;2-6H,1H3;2-7H,1H3;1H4/q;+1;;+1;. The molecule has 13 heteroatoms. The van der Waals surface area contributed by atoms with E-state index in [1.54, 1.807) is 17.8 Å². The zero-order chi connectivity index (χ0) is 40.5. The van der Waals surface area contributed by atoms with E-state index in [1.165, 1.54) is 26.4 Å². The first-order chi connectivity index (χ1) is 25.7. The highest BCUT2D eigenvalue weighted by Crippen LogP contribution is 2.50. The second kappa shape index (κ2) is 18.4. The molecular weight excluding hydrogens is 925 g/mol. The third kappa shape index (κ3) is 10.6. The van der Waals surface area contributed by atoms with Crippen molar-refractivity contribution in [3.8, 4) is 0 Å². The van der Waals surface area contributed by atoms with Crippen LogP contribution < -0.4 is 10.1 Å². The minimum absolute atomic E-state index is 0. The summed E-state index contributed by atoms with van der Waals surface area (Å²) in [7, 11) is 3.71. The molecule has 0 bridgehead atoms. The fourth-order valence-electron chi connectivity index (χ4n) is 6.64. The van der Waals surface area contributed by atoms with Crippen LogP contribution in [0.3, 0.4) is 0 Å². The molecule has 300 valence electrons. The number of aryl methyl sites for hydroxylation is 2. The van der Waals surface area contributed by atoms with Crippen LogP contribution in [0.5, 0.6) is 0 Å². The minimum atomic E-state index is -2.16. The Bertz CT molecular complexity index is 2260. The number of rotatable bonds is 0. The summed E-state index contributed by atoms with van der Waals surface area (Å²) in [5, 5.41) is 4.23. The molecule has 8 rings (SSSR count). The van der Waals surface area contributed by atoms with E-state index >= 15 is 0 Å². The maximum Gasteiger partial charge on any atom is 0.698 e. The van der Waals surface area contributed by atoms with Gasteiger partial charge < -0.3 is 18.9 Å². The Morgan fingerprint density at radius 3 is 1.86 bits per heavy atom. The lowest BCUT2D eigenvalue weighted by Gasteiger charge is -2.30.